The van der Waals surface area contributed by atoms with Crippen molar-refractivity contribution >= 4 is 0 Å². The van der Waals surface area contributed by atoms with E-state index in [0.717, 1.165) is 24.8 Å². The molecule has 3 rings (SSSR count). The van der Waals surface area contributed by atoms with Crippen LogP contribution < -0.4 is 0 Å². The van der Waals surface area contributed by atoms with Crippen molar-refractivity contribution < 1.29 is 27.8 Å². The molecule has 0 aromatic carbocycles. The van der Waals surface area contributed by atoms with Crippen LogP contribution in [0.4, 0.5) is 4.39 Å². The van der Waals surface area contributed by atoms with Crippen LogP contribution in [-0.2, 0) is 25.6 Å². The van der Waals surface area contributed by atoms with E-state index in [2.05, 4.69) is 6.92 Å². The van der Waals surface area contributed by atoms with Crippen LogP contribution in [0.2, 0.25) is 0 Å². The van der Waals surface area contributed by atoms with Crippen LogP contribution in [0.1, 0.15) is 51.4 Å². The van der Waals surface area contributed by atoms with E-state index in [1.807, 2.05) is 13.8 Å². The van der Waals surface area contributed by atoms with E-state index in [0.29, 0.717) is 5.76 Å². The predicted octanol–water partition coefficient (Wildman–Crippen LogP) is 3.68. The lowest BCUT2D eigenvalue weighted by atomic mass is 10.1. The largest absolute Gasteiger partial charge is 0.433 e. The smallest absolute Gasteiger partial charge is 0.278 e. The summed E-state index contributed by atoms with van der Waals surface area (Å²) in [4.78, 5) is 0. The van der Waals surface area contributed by atoms with E-state index in [1.165, 1.54) is 6.07 Å². The molecule has 0 radical (unpaired) electrons. The van der Waals surface area contributed by atoms with Gasteiger partial charge < -0.3 is 23.4 Å². The first-order valence-electron chi connectivity index (χ1n) is 8.33. The highest BCUT2D eigenvalue weighted by atomic mass is 19.1. The molecule has 0 bridgehead atoms. The maximum atomic E-state index is 13.2. The predicted molar refractivity (Wildman–Crippen MR) is 80.2 cm³/mol. The van der Waals surface area contributed by atoms with E-state index in [9.17, 15) is 4.39 Å². The van der Waals surface area contributed by atoms with Crippen LogP contribution in [0.5, 0.6) is 0 Å². The lowest BCUT2D eigenvalue weighted by Crippen LogP contribution is -2.37. The molecule has 2 aliphatic rings. The molecule has 0 spiro atoms. The molecule has 1 unspecified atom stereocenters. The normalized spacial score (nSPS) is 36.6. The number of aryl methyl sites for hydroxylation is 1. The summed E-state index contributed by atoms with van der Waals surface area (Å²) in [5.41, 5.74) is 0.743. The van der Waals surface area contributed by atoms with Gasteiger partial charge in [-0.05, 0) is 32.3 Å². The van der Waals surface area contributed by atoms with Gasteiger partial charge in [0.25, 0.3) is 6.01 Å². The van der Waals surface area contributed by atoms with Crippen LogP contribution >= 0.6 is 0 Å². The Kier molecular flexibility index (Phi) is 4.78. The molecular weight excluding hydrogens is 303 g/mol. The number of hydrogen-bond donors (Lipinski definition) is 0. The third kappa shape index (κ3) is 3.31. The Morgan fingerprint density at radius 3 is 2.70 bits per heavy atom. The lowest BCUT2D eigenvalue weighted by molar-refractivity contribution is -0.230. The minimum atomic E-state index is -0.638. The van der Waals surface area contributed by atoms with Crippen LogP contribution in [-0.4, -0.2) is 30.4 Å². The van der Waals surface area contributed by atoms with Gasteiger partial charge in [0, 0.05) is 6.07 Å². The maximum absolute atomic E-state index is 13.2. The van der Waals surface area contributed by atoms with Crippen molar-refractivity contribution in [3.05, 3.63) is 23.4 Å². The number of hydrogen-bond acceptors (Lipinski definition) is 5. The SMILES string of the molecule is CCC[C@H]1O[C@@H]2OC(C)(CC)O[C@@H]2[C@H]1OCc1oc(F)cc1C. The molecule has 0 amide bonds. The standard InChI is InChI=1S/C17H25FO5/c1-5-7-11-14(19-9-12-10(3)8-13(18)20-12)15-16(21-11)23-17(4,6-2)22-15/h8,11,14-16H,5-7,9H2,1-4H3/t11-,14+,15-,16-,17?/m1/s1. The topological polar surface area (TPSA) is 50.1 Å². The Morgan fingerprint density at radius 1 is 1.30 bits per heavy atom. The highest BCUT2D eigenvalue weighted by Gasteiger charge is 2.55. The Balaban J connectivity index is 1.70. The molecule has 0 saturated carbocycles. The van der Waals surface area contributed by atoms with Crippen molar-refractivity contribution in [3.8, 4) is 0 Å². The van der Waals surface area contributed by atoms with Crippen molar-refractivity contribution in [1.82, 2.24) is 0 Å². The molecule has 2 aliphatic heterocycles. The molecule has 3 heterocycles. The summed E-state index contributed by atoms with van der Waals surface area (Å²) in [5, 5.41) is 0. The Morgan fingerprint density at radius 2 is 2.09 bits per heavy atom. The quantitative estimate of drug-likeness (QED) is 0.797. The third-order valence-corrected chi connectivity index (χ3v) is 4.63. The van der Waals surface area contributed by atoms with Gasteiger partial charge in [-0.2, -0.15) is 4.39 Å². The number of halogens is 1. The zero-order chi connectivity index (χ0) is 16.6. The summed E-state index contributed by atoms with van der Waals surface area (Å²) in [6.07, 6.45) is 1.56. The van der Waals surface area contributed by atoms with Crippen molar-refractivity contribution in [2.75, 3.05) is 0 Å². The van der Waals surface area contributed by atoms with E-state index < -0.39 is 18.1 Å². The molecule has 1 aromatic heterocycles. The second-order valence-corrected chi connectivity index (χ2v) is 6.45. The Bertz CT molecular complexity index is 545. The summed E-state index contributed by atoms with van der Waals surface area (Å²) in [6, 6.07) is 0.769. The van der Waals surface area contributed by atoms with Gasteiger partial charge in [-0.1, -0.05) is 20.3 Å². The average Bonchev–Trinajstić information content (AvgIpc) is 3.09. The minimum absolute atomic E-state index is 0.0866. The summed E-state index contributed by atoms with van der Waals surface area (Å²) in [5.74, 6) is -0.140. The van der Waals surface area contributed by atoms with Gasteiger partial charge in [0.2, 0.25) is 0 Å². The Labute approximate surface area is 136 Å². The summed E-state index contributed by atoms with van der Waals surface area (Å²) in [6.45, 7) is 8.01. The zero-order valence-corrected chi connectivity index (χ0v) is 14.1. The first-order valence-corrected chi connectivity index (χ1v) is 8.33. The molecule has 0 N–H and O–H groups in total. The lowest BCUT2D eigenvalue weighted by Gasteiger charge is -2.27. The first-order chi connectivity index (χ1) is 11.0. The second kappa shape index (κ2) is 6.51. The molecule has 23 heavy (non-hydrogen) atoms. The van der Waals surface area contributed by atoms with Crippen LogP contribution in [0, 0.1) is 12.9 Å². The van der Waals surface area contributed by atoms with Crippen LogP contribution in [0.25, 0.3) is 0 Å². The van der Waals surface area contributed by atoms with Crippen molar-refractivity contribution in [1.29, 1.82) is 0 Å². The van der Waals surface area contributed by atoms with Gasteiger partial charge in [0.15, 0.2) is 12.1 Å². The number of ether oxygens (including phenoxy) is 4. The van der Waals surface area contributed by atoms with Gasteiger partial charge in [0.05, 0.1) is 6.10 Å². The fourth-order valence-corrected chi connectivity index (χ4v) is 3.15. The summed E-state index contributed by atoms with van der Waals surface area (Å²) < 4.78 is 42.1. The van der Waals surface area contributed by atoms with Gasteiger partial charge in [-0.15, -0.1) is 0 Å². The number of furan rings is 1. The molecule has 2 saturated heterocycles. The Hall–Kier alpha value is -0.950. The number of rotatable bonds is 6. The van der Waals surface area contributed by atoms with Crippen LogP contribution in [0.15, 0.2) is 10.5 Å². The number of fused-ring (bicyclic) bond motifs is 1. The summed E-state index contributed by atoms with van der Waals surface area (Å²) >= 11 is 0. The molecule has 2 fully saturated rings. The van der Waals surface area contributed by atoms with Crippen molar-refractivity contribution in [2.24, 2.45) is 0 Å². The van der Waals surface area contributed by atoms with E-state index in [1.54, 1.807) is 6.92 Å². The zero-order valence-electron chi connectivity index (χ0n) is 14.1. The highest BCUT2D eigenvalue weighted by molar-refractivity contribution is 5.14. The molecular formula is C17H25FO5. The van der Waals surface area contributed by atoms with E-state index >= 15 is 0 Å². The molecule has 6 heteroatoms. The molecule has 1 aromatic rings. The van der Waals surface area contributed by atoms with Crippen molar-refractivity contribution in [3.63, 3.8) is 0 Å². The molecule has 5 nitrogen and oxygen atoms in total. The fraction of sp³-hybridized carbons (Fsp3) is 0.765. The monoisotopic (exact) mass is 328 g/mol. The molecule has 0 aliphatic carbocycles. The molecule has 130 valence electrons. The maximum Gasteiger partial charge on any atom is 0.278 e. The van der Waals surface area contributed by atoms with Gasteiger partial charge in [0.1, 0.15) is 24.6 Å². The van der Waals surface area contributed by atoms with Gasteiger partial charge in [-0.25, -0.2) is 0 Å². The average molecular weight is 328 g/mol. The third-order valence-electron chi connectivity index (χ3n) is 4.63. The van der Waals surface area contributed by atoms with E-state index in [4.69, 9.17) is 23.4 Å². The highest BCUT2D eigenvalue weighted by Crippen LogP contribution is 2.41. The van der Waals surface area contributed by atoms with Crippen LogP contribution in [0.3, 0.4) is 0 Å². The van der Waals surface area contributed by atoms with E-state index in [-0.39, 0.29) is 24.9 Å². The van der Waals surface area contributed by atoms with Gasteiger partial charge in [-0.3, -0.25) is 0 Å². The first kappa shape index (κ1) is 16.9. The van der Waals surface area contributed by atoms with Crippen molar-refractivity contribution in [2.45, 2.75) is 84.0 Å². The summed E-state index contributed by atoms with van der Waals surface area (Å²) in [7, 11) is 0. The minimum Gasteiger partial charge on any atom is -0.433 e. The fourth-order valence-electron chi connectivity index (χ4n) is 3.15. The molecule has 5 atom stereocenters. The second-order valence-electron chi connectivity index (χ2n) is 6.45. The van der Waals surface area contributed by atoms with Gasteiger partial charge >= 0.3 is 0 Å².